The van der Waals surface area contributed by atoms with E-state index in [4.69, 9.17) is 0 Å². The molecule has 8 aromatic carbocycles. The fourth-order valence-electron chi connectivity index (χ4n) is 7.95. The van der Waals surface area contributed by atoms with Crippen LogP contribution in [0, 0.1) is 0 Å². The molecular weight excluding hydrogens is 953 g/mol. The van der Waals surface area contributed by atoms with Gasteiger partial charge in [-0.05, 0) is 119 Å². The Hall–Kier alpha value is -10.5. The van der Waals surface area contributed by atoms with E-state index in [1.165, 1.54) is 22.3 Å². The molecule has 0 unspecified atom stereocenters. The molecule has 12 aromatic rings. The summed E-state index contributed by atoms with van der Waals surface area (Å²) < 4.78 is 7.40. The summed E-state index contributed by atoms with van der Waals surface area (Å²) in [5.74, 6) is 1.02. The molecule has 0 amide bonds. The molecule has 0 aliphatic heterocycles. The maximum atomic E-state index is 9.32. The minimum atomic E-state index is 0.255. The number of aromatic hydroxyl groups is 4. The van der Waals surface area contributed by atoms with Crippen molar-refractivity contribution in [3.05, 3.63) is 265 Å². The van der Waals surface area contributed by atoms with Crippen LogP contribution in [0.15, 0.2) is 243 Å². The highest BCUT2D eigenvalue weighted by Crippen LogP contribution is 2.25. The van der Waals surface area contributed by atoms with Gasteiger partial charge < -0.3 is 20.4 Å². The van der Waals surface area contributed by atoms with Crippen LogP contribution in [0.3, 0.4) is 0 Å². The fourth-order valence-corrected chi connectivity index (χ4v) is 7.95. The van der Waals surface area contributed by atoms with E-state index < -0.39 is 0 Å². The topological polar surface area (TPSA) is 204 Å². The Morgan fingerprint density at radius 1 is 0.237 bits per heavy atom. The fraction of sp³-hybridized carbons (Fsp3) is 0.0667. The Balaban J connectivity index is 0.000000124. The van der Waals surface area contributed by atoms with E-state index >= 15 is 0 Å². The molecule has 0 bridgehead atoms. The molecule has 16 heteroatoms. The molecule has 16 nitrogen and oxygen atoms in total. The summed E-state index contributed by atoms with van der Waals surface area (Å²) in [6.45, 7) is 2.71. The molecule has 0 fully saturated rings. The van der Waals surface area contributed by atoms with Crippen LogP contribution >= 0.6 is 0 Å². The SMILES string of the molecule is Oc1ccc(-c2cnnn2Cc2ccccc2)cc1.Oc1ccc(-c2cnnn2Cc2ccccc2)cc1.Oc1ccc(-c2cnnn2Cc2ccccc2)cc1.Oc1ccc(-c2cnnn2Cc2ccccc2)cc1. The lowest BCUT2D eigenvalue weighted by molar-refractivity contribution is 0.475. The van der Waals surface area contributed by atoms with Gasteiger partial charge in [-0.25, -0.2) is 18.7 Å². The zero-order valence-corrected chi connectivity index (χ0v) is 41.1. The number of phenolic OH excluding ortho intramolecular Hbond substituents is 4. The van der Waals surface area contributed by atoms with Crippen molar-refractivity contribution >= 4 is 0 Å². The maximum Gasteiger partial charge on any atom is 0.115 e. The minimum absolute atomic E-state index is 0.255. The second-order valence-corrected chi connectivity index (χ2v) is 17.2. The van der Waals surface area contributed by atoms with E-state index in [1.807, 2.05) is 140 Å². The summed E-state index contributed by atoms with van der Waals surface area (Å²) in [5.41, 5.74) is 12.4. The van der Waals surface area contributed by atoms with E-state index in [9.17, 15) is 20.4 Å². The predicted octanol–water partition coefficient (Wildman–Crippen LogP) is 10.8. The largest absolute Gasteiger partial charge is 0.508 e. The maximum absolute atomic E-state index is 9.32. The van der Waals surface area contributed by atoms with Gasteiger partial charge in [0.15, 0.2) is 0 Å². The molecule has 0 saturated heterocycles. The van der Waals surface area contributed by atoms with Gasteiger partial charge in [0.05, 0.1) is 73.7 Å². The van der Waals surface area contributed by atoms with Crippen LogP contribution in [0.2, 0.25) is 0 Å². The number of hydrogen-bond acceptors (Lipinski definition) is 12. The van der Waals surface area contributed by atoms with Gasteiger partial charge in [0.2, 0.25) is 0 Å². The van der Waals surface area contributed by atoms with E-state index in [2.05, 4.69) is 89.8 Å². The standard InChI is InChI=1S/4C15H13N3O/c4*19-14-8-6-13(7-9-14)15-10-16-17-18(15)11-12-4-2-1-3-5-12/h4*1-10,19H,11H2. The molecular formula is C60H52N12O4. The lowest BCUT2D eigenvalue weighted by atomic mass is 10.1. The Morgan fingerprint density at radius 2 is 0.421 bits per heavy atom. The van der Waals surface area contributed by atoms with Crippen LogP contribution in [-0.2, 0) is 26.2 Å². The molecule has 0 spiro atoms. The Kier molecular flexibility index (Phi) is 16.8. The van der Waals surface area contributed by atoms with E-state index in [0.29, 0.717) is 26.2 Å². The van der Waals surface area contributed by atoms with Gasteiger partial charge in [-0.15, -0.1) is 20.4 Å². The highest BCUT2D eigenvalue weighted by Gasteiger charge is 2.11. The molecule has 12 rings (SSSR count). The van der Waals surface area contributed by atoms with Gasteiger partial charge >= 0.3 is 0 Å². The monoisotopic (exact) mass is 1000 g/mol. The van der Waals surface area contributed by atoms with Crippen LogP contribution in [0.5, 0.6) is 23.0 Å². The second-order valence-electron chi connectivity index (χ2n) is 17.2. The van der Waals surface area contributed by atoms with Crippen LogP contribution < -0.4 is 0 Å². The average molecular weight is 1010 g/mol. The van der Waals surface area contributed by atoms with Crippen LogP contribution in [0.1, 0.15) is 22.3 Å². The van der Waals surface area contributed by atoms with Crippen molar-refractivity contribution in [2.45, 2.75) is 26.2 Å². The summed E-state index contributed by atoms with van der Waals surface area (Å²) in [6, 6.07) is 68.6. The molecule has 76 heavy (non-hydrogen) atoms. The summed E-state index contributed by atoms with van der Waals surface area (Å²) in [5, 5.41) is 69.6. The smallest absolute Gasteiger partial charge is 0.115 e. The van der Waals surface area contributed by atoms with Gasteiger partial charge in [-0.1, -0.05) is 142 Å². The van der Waals surface area contributed by atoms with Crippen LogP contribution in [-0.4, -0.2) is 80.4 Å². The third-order valence-corrected chi connectivity index (χ3v) is 11.8. The number of hydrogen-bond donors (Lipinski definition) is 4. The number of phenols is 4. The van der Waals surface area contributed by atoms with Crippen molar-refractivity contribution in [3.8, 4) is 68.0 Å². The van der Waals surface area contributed by atoms with Crippen molar-refractivity contribution in [1.29, 1.82) is 0 Å². The minimum Gasteiger partial charge on any atom is -0.508 e. The lowest BCUT2D eigenvalue weighted by Gasteiger charge is -2.06. The van der Waals surface area contributed by atoms with E-state index in [0.717, 1.165) is 45.0 Å². The number of aromatic nitrogens is 12. The first-order valence-corrected chi connectivity index (χ1v) is 24.2. The van der Waals surface area contributed by atoms with Gasteiger partial charge in [-0.2, -0.15) is 0 Å². The molecule has 4 heterocycles. The molecule has 0 atom stereocenters. The molecule has 0 aliphatic rings. The van der Waals surface area contributed by atoms with Crippen molar-refractivity contribution in [2.75, 3.05) is 0 Å². The first-order chi connectivity index (χ1) is 37.3. The van der Waals surface area contributed by atoms with Crippen LogP contribution in [0.25, 0.3) is 45.0 Å². The average Bonchev–Trinajstić information content (AvgIpc) is 4.32. The molecule has 0 saturated carbocycles. The van der Waals surface area contributed by atoms with Gasteiger partial charge in [0, 0.05) is 22.3 Å². The third-order valence-electron chi connectivity index (χ3n) is 11.8. The van der Waals surface area contributed by atoms with Gasteiger partial charge in [0.25, 0.3) is 0 Å². The van der Waals surface area contributed by atoms with Crippen molar-refractivity contribution in [3.63, 3.8) is 0 Å². The Morgan fingerprint density at radius 3 is 0.605 bits per heavy atom. The number of nitrogens with zero attached hydrogens (tertiary/aromatic N) is 12. The normalized spacial score (nSPS) is 10.5. The van der Waals surface area contributed by atoms with E-state index in [1.54, 1.807) is 73.3 Å². The van der Waals surface area contributed by atoms with Crippen LogP contribution in [0.4, 0.5) is 0 Å². The highest BCUT2D eigenvalue weighted by molar-refractivity contribution is 5.62. The summed E-state index contributed by atoms with van der Waals surface area (Å²) in [4.78, 5) is 0. The molecule has 4 aromatic heterocycles. The summed E-state index contributed by atoms with van der Waals surface area (Å²) >= 11 is 0. The van der Waals surface area contributed by atoms with Crippen molar-refractivity contribution < 1.29 is 20.4 Å². The number of benzene rings is 8. The zero-order chi connectivity index (χ0) is 52.3. The van der Waals surface area contributed by atoms with Crippen molar-refractivity contribution in [1.82, 2.24) is 60.0 Å². The predicted molar refractivity (Wildman–Crippen MR) is 291 cm³/mol. The molecule has 376 valence electrons. The quantitative estimate of drug-likeness (QED) is 0.0903. The third kappa shape index (κ3) is 13.9. The molecule has 0 radical (unpaired) electrons. The van der Waals surface area contributed by atoms with Gasteiger partial charge in [-0.3, -0.25) is 0 Å². The zero-order valence-electron chi connectivity index (χ0n) is 41.1. The van der Waals surface area contributed by atoms with Gasteiger partial charge in [0.1, 0.15) is 23.0 Å². The Bertz CT molecular complexity index is 3120. The Labute approximate surface area is 438 Å². The molecule has 0 aliphatic carbocycles. The lowest BCUT2D eigenvalue weighted by Crippen LogP contribution is -2.03. The summed E-state index contributed by atoms with van der Waals surface area (Å²) in [7, 11) is 0. The second kappa shape index (κ2) is 25.3. The first kappa shape index (κ1) is 50.5. The van der Waals surface area contributed by atoms with E-state index in [-0.39, 0.29) is 23.0 Å². The number of rotatable bonds is 12. The first-order valence-electron chi connectivity index (χ1n) is 24.2. The van der Waals surface area contributed by atoms with Crippen molar-refractivity contribution in [2.24, 2.45) is 0 Å². The molecule has 4 N–H and O–H groups in total. The highest BCUT2D eigenvalue weighted by atomic mass is 16.3. The summed E-state index contributed by atoms with van der Waals surface area (Å²) in [6.07, 6.45) is 6.93.